The Labute approximate surface area is 173 Å². The van der Waals surface area contributed by atoms with Gasteiger partial charge in [-0.15, -0.1) is 11.3 Å². The largest absolute Gasteiger partial charge is 0.397 e. The standard InChI is InChI=1S/C22H20N4O2S/c1-2-20(27)26-22-16(13-23)12-17(29-22)11-14-7-9-15(10-8-14)21(28)25-19-6-4-3-5-18(19)24/h3-10,12H,2,11,24H2,1H3,(H,25,28)(H,26,27). The van der Waals surface area contributed by atoms with Gasteiger partial charge >= 0.3 is 0 Å². The molecule has 0 saturated carbocycles. The molecule has 1 aromatic heterocycles. The van der Waals surface area contributed by atoms with E-state index in [2.05, 4.69) is 16.7 Å². The summed E-state index contributed by atoms with van der Waals surface area (Å²) in [6.45, 7) is 1.76. The third-order valence-electron chi connectivity index (χ3n) is 4.28. The van der Waals surface area contributed by atoms with Crippen molar-refractivity contribution in [3.05, 3.63) is 76.2 Å². The number of thiophene rings is 1. The van der Waals surface area contributed by atoms with Crippen molar-refractivity contribution >= 4 is 39.5 Å². The fourth-order valence-electron chi connectivity index (χ4n) is 2.70. The van der Waals surface area contributed by atoms with Gasteiger partial charge in [-0.05, 0) is 35.9 Å². The van der Waals surface area contributed by atoms with E-state index in [0.717, 1.165) is 10.4 Å². The van der Waals surface area contributed by atoms with Crippen molar-refractivity contribution in [3.63, 3.8) is 0 Å². The number of nitriles is 1. The number of hydrogen-bond donors (Lipinski definition) is 3. The Morgan fingerprint density at radius 3 is 2.48 bits per heavy atom. The van der Waals surface area contributed by atoms with Crippen molar-refractivity contribution in [1.29, 1.82) is 5.26 Å². The first-order chi connectivity index (χ1) is 14.0. The third kappa shape index (κ3) is 5.00. The summed E-state index contributed by atoms with van der Waals surface area (Å²) in [4.78, 5) is 25.0. The molecule has 3 aromatic rings. The van der Waals surface area contributed by atoms with Crippen LogP contribution in [0.2, 0.25) is 0 Å². The molecule has 0 radical (unpaired) electrons. The Morgan fingerprint density at radius 2 is 1.83 bits per heavy atom. The summed E-state index contributed by atoms with van der Waals surface area (Å²) in [5.41, 5.74) is 8.93. The molecule has 0 atom stereocenters. The monoisotopic (exact) mass is 404 g/mol. The smallest absolute Gasteiger partial charge is 0.255 e. The van der Waals surface area contributed by atoms with Gasteiger partial charge in [0.1, 0.15) is 11.1 Å². The lowest BCUT2D eigenvalue weighted by molar-refractivity contribution is -0.115. The normalized spacial score (nSPS) is 10.2. The first-order valence-corrected chi connectivity index (χ1v) is 9.89. The topological polar surface area (TPSA) is 108 Å². The second-order valence-electron chi connectivity index (χ2n) is 6.38. The van der Waals surface area contributed by atoms with Gasteiger partial charge in [-0.25, -0.2) is 0 Å². The number of carbonyl (C=O) groups is 2. The van der Waals surface area contributed by atoms with Crippen molar-refractivity contribution in [1.82, 2.24) is 0 Å². The number of nitrogen functional groups attached to an aromatic ring is 1. The number of nitrogens with two attached hydrogens (primary N) is 1. The van der Waals surface area contributed by atoms with Crippen LogP contribution in [0.5, 0.6) is 0 Å². The van der Waals surface area contributed by atoms with Crippen LogP contribution in [0.3, 0.4) is 0 Å². The van der Waals surface area contributed by atoms with E-state index in [1.807, 2.05) is 18.2 Å². The molecule has 0 spiro atoms. The fourth-order valence-corrected chi connectivity index (χ4v) is 3.76. The van der Waals surface area contributed by atoms with Crippen LogP contribution in [0, 0.1) is 11.3 Å². The van der Waals surface area contributed by atoms with Gasteiger partial charge in [0.25, 0.3) is 5.91 Å². The Bertz CT molecular complexity index is 1080. The maximum atomic E-state index is 12.4. The van der Waals surface area contributed by atoms with E-state index in [1.165, 1.54) is 11.3 Å². The molecule has 7 heteroatoms. The SMILES string of the molecule is CCC(=O)Nc1sc(Cc2ccc(C(=O)Nc3ccccc3N)cc2)cc1C#N. The molecule has 29 heavy (non-hydrogen) atoms. The molecule has 0 bridgehead atoms. The molecule has 0 aliphatic rings. The molecule has 6 nitrogen and oxygen atoms in total. The van der Waals surface area contributed by atoms with E-state index >= 15 is 0 Å². The van der Waals surface area contributed by atoms with Gasteiger partial charge in [-0.2, -0.15) is 5.26 Å². The van der Waals surface area contributed by atoms with E-state index in [-0.39, 0.29) is 11.8 Å². The third-order valence-corrected chi connectivity index (χ3v) is 5.33. The van der Waals surface area contributed by atoms with Crippen molar-refractivity contribution in [2.24, 2.45) is 0 Å². The fraction of sp³-hybridized carbons (Fsp3) is 0.136. The molecule has 146 valence electrons. The van der Waals surface area contributed by atoms with Gasteiger partial charge in [-0.1, -0.05) is 31.2 Å². The van der Waals surface area contributed by atoms with Gasteiger partial charge in [0, 0.05) is 23.3 Å². The average molecular weight is 404 g/mol. The van der Waals surface area contributed by atoms with E-state index in [9.17, 15) is 14.9 Å². The van der Waals surface area contributed by atoms with Crippen LogP contribution in [-0.2, 0) is 11.2 Å². The second kappa shape index (κ2) is 9.04. The van der Waals surface area contributed by atoms with E-state index in [4.69, 9.17) is 5.73 Å². The lowest BCUT2D eigenvalue weighted by atomic mass is 10.1. The summed E-state index contributed by atoms with van der Waals surface area (Å²) < 4.78 is 0. The molecule has 4 N–H and O–H groups in total. The Hall–Kier alpha value is -3.63. The Morgan fingerprint density at radius 1 is 1.10 bits per heavy atom. The van der Waals surface area contributed by atoms with Crippen LogP contribution in [0.25, 0.3) is 0 Å². The average Bonchev–Trinajstić information content (AvgIpc) is 3.11. The zero-order valence-corrected chi connectivity index (χ0v) is 16.7. The van der Waals surface area contributed by atoms with Crippen molar-refractivity contribution in [2.45, 2.75) is 19.8 Å². The first-order valence-electron chi connectivity index (χ1n) is 9.07. The highest BCUT2D eigenvalue weighted by Gasteiger charge is 2.12. The molecule has 0 aliphatic carbocycles. The van der Waals surface area contributed by atoms with Crippen LogP contribution >= 0.6 is 11.3 Å². The highest BCUT2D eigenvalue weighted by Crippen LogP contribution is 2.29. The summed E-state index contributed by atoms with van der Waals surface area (Å²) in [7, 11) is 0. The van der Waals surface area contributed by atoms with Gasteiger partial charge in [0.15, 0.2) is 0 Å². The predicted molar refractivity (Wildman–Crippen MR) is 116 cm³/mol. The first kappa shape index (κ1) is 20.1. The molecule has 1 heterocycles. The Kier molecular flexibility index (Phi) is 6.27. The van der Waals surface area contributed by atoms with Crippen molar-refractivity contribution < 1.29 is 9.59 Å². The van der Waals surface area contributed by atoms with Gasteiger partial charge < -0.3 is 16.4 Å². The predicted octanol–water partition coefficient (Wildman–Crippen LogP) is 4.39. The summed E-state index contributed by atoms with van der Waals surface area (Å²) in [5.74, 6) is -0.355. The van der Waals surface area contributed by atoms with Crippen LogP contribution < -0.4 is 16.4 Å². The van der Waals surface area contributed by atoms with Gasteiger partial charge in [0.2, 0.25) is 5.91 Å². The summed E-state index contributed by atoms with van der Waals surface area (Å²) >= 11 is 1.39. The van der Waals surface area contributed by atoms with Crippen LogP contribution in [0.4, 0.5) is 16.4 Å². The number of benzene rings is 2. The van der Waals surface area contributed by atoms with Gasteiger partial charge in [-0.3, -0.25) is 9.59 Å². The number of para-hydroxylation sites is 2. The minimum atomic E-state index is -0.234. The number of rotatable bonds is 6. The summed E-state index contributed by atoms with van der Waals surface area (Å²) in [5, 5.41) is 15.4. The maximum absolute atomic E-state index is 12.4. The van der Waals surface area contributed by atoms with Crippen LogP contribution in [-0.4, -0.2) is 11.8 Å². The number of hydrogen-bond acceptors (Lipinski definition) is 5. The quantitative estimate of drug-likeness (QED) is 0.529. The zero-order chi connectivity index (χ0) is 20.8. The molecular formula is C22H20N4O2S. The lowest BCUT2D eigenvalue weighted by Crippen LogP contribution is -2.13. The number of carbonyl (C=O) groups excluding carboxylic acids is 2. The van der Waals surface area contributed by atoms with E-state index in [1.54, 1.807) is 43.3 Å². The minimum absolute atomic E-state index is 0.121. The zero-order valence-electron chi connectivity index (χ0n) is 15.9. The number of amides is 2. The highest BCUT2D eigenvalue weighted by molar-refractivity contribution is 7.16. The molecule has 0 aliphatic heterocycles. The van der Waals surface area contributed by atoms with Gasteiger partial charge in [0.05, 0.1) is 16.9 Å². The van der Waals surface area contributed by atoms with Crippen molar-refractivity contribution in [3.8, 4) is 6.07 Å². The van der Waals surface area contributed by atoms with E-state index in [0.29, 0.717) is 40.3 Å². The second-order valence-corrected chi connectivity index (χ2v) is 7.52. The molecule has 0 fully saturated rings. The molecule has 2 amide bonds. The Balaban J connectivity index is 1.69. The lowest BCUT2D eigenvalue weighted by Gasteiger charge is -2.08. The summed E-state index contributed by atoms with van der Waals surface area (Å²) in [6, 6.07) is 18.2. The molecular weight excluding hydrogens is 384 g/mol. The number of nitrogens with zero attached hydrogens (tertiary/aromatic N) is 1. The summed E-state index contributed by atoms with van der Waals surface area (Å²) in [6.07, 6.45) is 0.963. The van der Waals surface area contributed by atoms with Crippen LogP contribution in [0.1, 0.15) is 39.7 Å². The molecule has 3 rings (SSSR count). The molecule has 0 unspecified atom stereocenters. The molecule has 0 saturated heterocycles. The molecule has 2 aromatic carbocycles. The number of nitrogens with one attached hydrogen (secondary N) is 2. The maximum Gasteiger partial charge on any atom is 0.255 e. The minimum Gasteiger partial charge on any atom is -0.397 e. The number of anilines is 3. The van der Waals surface area contributed by atoms with Crippen LogP contribution in [0.15, 0.2) is 54.6 Å². The van der Waals surface area contributed by atoms with E-state index < -0.39 is 0 Å². The van der Waals surface area contributed by atoms with Crippen molar-refractivity contribution in [2.75, 3.05) is 16.4 Å². The highest BCUT2D eigenvalue weighted by atomic mass is 32.1.